The molecule has 0 spiro atoms. The van der Waals surface area contributed by atoms with Gasteiger partial charge in [-0.2, -0.15) is 0 Å². The molecule has 0 aromatic heterocycles. The molecular formula is C12H16N2O2. The number of nitrogens with one attached hydrogen (secondary N) is 1. The Morgan fingerprint density at radius 2 is 1.75 bits per heavy atom. The zero-order chi connectivity index (χ0) is 12.1. The van der Waals surface area contributed by atoms with Gasteiger partial charge in [0, 0.05) is 19.7 Å². The molecule has 86 valence electrons. The molecule has 16 heavy (non-hydrogen) atoms. The Morgan fingerprint density at radius 1 is 1.19 bits per heavy atom. The van der Waals surface area contributed by atoms with Gasteiger partial charge in [-0.1, -0.05) is 18.2 Å². The summed E-state index contributed by atoms with van der Waals surface area (Å²) in [5.41, 5.74) is 0.556. The molecule has 4 heteroatoms. The molecule has 0 bridgehead atoms. The molecule has 0 aliphatic heterocycles. The molecule has 0 saturated carbocycles. The smallest absolute Gasteiger partial charge is 0.251 e. The number of hydrogen-bond acceptors (Lipinski definition) is 2. The molecule has 0 fully saturated rings. The van der Waals surface area contributed by atoms with Crippen LogP contribution in [0.1, 0.15) is 17.3 Å². The maximum absolute atomic E-state index is 11.7. The first-order chi connectivity index (χ1) is 7.52. The van der Waals surface area contributed by atoms with Crippen LogP contribution in [0.15, 0.2) is 30.3 Å². The first kappa shape index (κ1) is 12.2. The van der Waals surface area contributed by atoms with Crippen molar-refractivity contribution in [3.05, 3.63) is 35.9 Å². The summed E-state index contributed by atoms with van der Waals surface area (Å²) in [6.07, 6.45) is 0. The molecule has 1 unspecified atom stereocenters. The van der Waals surface area contributed by atoms with E-state index in [1.807, 2.05) is 6.07 Å². The fourth-order valence-corrected chi connectivity index (χ4v) is 1.32. The van der Waals surface area contributed by atoms with Gasteiger partial charge in [-0.15, -0.1) is 0 Å². The lowest BCUT2D eigenvalue weighted by atomic mass is 10.2. The zero-order valence-electron chi connectivity index (χ0n) is 9.73. The van der Waals surface area contributed by atoms with Crippen molar-refractivity contribution in [3.63, 3.8) is 0 Å². The SMILES string of the molecule is CC(NC(=O)c1ccccc1)C(=O)N(C)C. The highest BCUT2D eigenvalue weighted by Gasteiger charge is 2.17. The summed E-state index contributed by atoms with van der Waals surface area (Å²) >= 11 is 0. The highest BCUT2D eigenvalue weighted by Crippen LogP contribution is 1.99. The van der Waals surface area contributed by atoms with Gasteiger partial charge in [-0.05, 0) is 19.1 Å². The summed E-state index contributed by atoms with van der Waals surface area (Å²) in [6.45, 7) is 1.67. The summed E-state index contributed by atoms with van der Waals surface area (Å²) in [5, 5.41) is 2.65. The largest absolute Gasteiger partial charge is 0.347 e. The fraction of sp³-hybridized carbons (Fsp3) is 0.333. The van der Waals surface area contributed by atoms with E-state index in [-0.39, 0.29) is 11.8 Å². The van der Waals surface area contributed by atoms with Crippen molar-refractivity contribution in [1.29, 1.82) is 0 Å². The fourth-order valence-electron chi connectivity index (χ4n) is 1.32. The number of carbonyl (C=O) groups is 2. The Morgan fingerprint density at radius 3 is 2.25 bits per heavy atom. The molecule has 0 aliphatic carbocycles. The van der Waals surface area contributed by atoms with Gasteiger partial charge in [0.25, 0.3) is 5.91 Å². The third-order valence-corrected chi connectivity index (χ3v) is 2.19. The lowest BCUT2D eigenvalue weighted by molar-refractivity contribution is -0.130. The summed E-state index contributed by atoms with van der Waals surface area (Å²) < 4.78 is 0. The molecule has 1 N–H and O–H groups in total. The number of nitrogens with zero attached hydrogens (tertiary/aromatic N) is 1. The van der Waals surface area contributed by atoms with E-state index in [9.17, 15) is 9.59 Å². The van der Waals surface area contributed by atoms with Crippen LogP contribution in [-0.4, -0.2) is 36.9 Å². The van der Waals surface area contributed by atoms with E-state index in [1.54, 1.807) is 45.3 Å². The van der Waals surface area contributed by atoms with Gasteiger partial charge in [0.05, 0.1) is 0 Å². The molecule has 0 heterocycles. The van der Waals surface area contributed by atoms with Gasteiger partial charge in [-0.3, -0.25) is 9.59 Å². The predicted molar refractivity (Wildman–Crippen MR) is 62.1 cm³/mol. The van der Waals surface area contributed by atoms with Gasteiger partial charge in [0.15, 0.2) is 0 Å². The van der Waals surface area contributed by atoms with Gasteiger partial charge in [-0.25, -0.2) is 0 Å². The monoisotopic (exact) mass is 220 g/mol. The van der Waals surface area contributed by atoms with E-state index in [0.29, 0.717) is 5.56 Å². The van der Waals surface area contributed by atoms with Crippen molar-refractivity contribution in [2.75, 3.05) is 14.1 Å². The first-order valence-corrected chi connectivity index (χ1v) is 5.09. The number of carbonyl (C=O) groups excluding carboxylic acids is 2. The van der Waals surface area contributed by atoms with E-state index >= 15 is 0 Å². The van der Waals surface area contributed by atoms with Crippen LogP contribution in [0.4, 0.5) is 0 Å². The van der Waals surface area contributed by atoms with Crippen LogP contribution in [0, 0.1) is 0 Å². The molecule has 0 saturated heterocycles. The van der Waals surface area contributed by atoms with Gasteiger partial charge in [0.2, 0.25) is 5.91 Å². The second-order valence-corrected chi connectivity index (χ2v) is 3.79. The van der Waals surface area contributed by atoms with E-state index in [0.717, 1.165) is 0 Å². The molecule has 1 rings (SSSR count). The molecular weight excluding hydrogens is 204 g/mol. The molecule has 2 amide bonds. The summed E-state index contributed by atoms with van der Waals surface area (Å²) in [4.78, 5) is 24.7. The Kier molecular flexibility index (Phi) is 4.05. The van der Waals surface area contributed by atoms with Crippen molar-refractivity contribution >= 4 is 11.8 Å². The lowest BCUT2D eigenvalue weighted by Gasteiger charge is -2.17. The number of amides is 2. The van der Waals surface area contributed by atoms with Crippen LogP contribution >= 0.6 is 0 Å². The van der Waals surface area contributed by atoms with Crippen molar-refractivity contribution in [3.8, 4) is 0 Å². The van der Waals surface area contributed by atoms with Crippen molar-refractivity contribution < 1.29 is 9.59 Å². The summed E-state index contributed by atoms with van der Waals surface area (Å²) in [6, 6.07) is 8.32. The van der Waals surface area contributed by atoms with Crippen molar-refractivity contribution in [1.82, 2.24) is 10.2 Å². The van der Waals surface area contributed by atoms with Crippen molar-refractivity contribution in [2.45, 2.75) is 13.0 Å². The number of benzene rings is 1. The van der Waals surface area contributed by atoms with E-state index in [2.05, 4.69) is 5.32 Å². The van der Waals surface area contributed by atoms with E-state index in [4.69, 9.17) is 0 Å². The lowest BCUT2D eigenvalue weighted by Crippen LogP contribution is -2.44. The van der Waals surface area contributed by atoms with Gasteiger partial charge in [0.1, 0.15) is 6.04 Å². The molecule has 4 nitrogen and oxygen atoms in total. The Bertz CT molecular complexity index is 374. The van der Waals surface area contributed by atoms with Crippen LogP contribution < -0.4 is 5.32 Å². The van der Waals surface area contributed by atoms with E-state index in [1.165, 1.54) is 4.90 Å². The number of hydrogen-bond donors (Lipinski definition) is 1. The highest BCUT2D eigenvalue weighted by atomic mass is 16.2. The standard InChI is InChI=1S/C12H16N2O2/c1-9(12(16)14(2)3)13-11(15)10-7-5-4-6-8-10/h4-9H,1-3H3,(H,13,15). The van der Waals surface area contributed by atoms with Crippen LogP contribution in [0.3, 0.4) is 0 Å². The molecule has 1 aromatic carbocycles. The quantitative estimate of drug-likeness (QED) is 0.822. The van der Waals surface area contributed by atoms with Gasteiger partial charge < -0.3 is 10.2 Å². The van der Waals surface area contributed by atoms with Crippen molar-refractivity contribution in [2.24, 2.45) is 0 Å². The van der Waals surface area contributed by atoms with Crippen LogP contribution in [0.25, 0.3) is 0 Å². The molecule has 1 aromatic rings. The molecule has 0 aliphatic rings. The Balaban J connectivity index is 2.62. The maximum atomic E-state index is 11.7. The highest BCUT2D eigenvalue weighted by molar-refractivity contribution is 5.97. The maximum Gasteiger partial charge on any atom is 0.251 e. The minimum atomic E-state index is -0.511. The van der Waals surface area contributed by atoms with Crippen LogP contribution in [0.2, 0.25) is 0 Å². The molecule has 1 atom stereocenters. The van der Waals surface area contributed by atoms with E-state index < -0.39 is 6.04 Å². The molecule has 0 radical (unpaired) electrons. The number of rotatable bonds is 3. The minimum Gasteiger partial charge on any atom is -0.347 e. The normalized spacial score (nSPS) is 11.7. The predicted octanol–water partition coefficient (Wildman–Crippen LogP) is 0.893. The average Bonchev–Trinajstić information content (AvgIpc) is 2.28. The van der Waals surface area contributed by atoms with Gasteiger partial charge >= 0.3 is 0 Å². The average molecular weight is 220 g/mol. The van der Waals surface area contributed by atoms with Crippen LogP contribution in [0.5, 0.6) is 0 Å². The first-order valence-electron chi connectivity index (χ1n) is 5.09. The second kappa shape index (κ2) is 5.30. The topological polar surface area (TPSA) is 49.4 Å². The Labute approximate surface area is 95.3 Å². The van der Waals surface area contributed by atoms with Crippen LogP contribution in [-0.2, 0) is 4.79 Å². The number of likely N-dealkylation sites (N-methyl/N-ethyl adjacent to an activating group) is 1. The summed E-state index contributed by atoms with van der Waals surface area (Å²) in [5.74, 6) is -0.354. The minimum absolute atomic E-state index is 0.121. The zero-order valence-corrected chi connectivity index (χ0v) is 9.73. The summed E-state index contributed by atoms with van der Waals surface area (Å²) in [7, 11) is 3.32. The third kappa shape index (κ3) is 3.08. The third-order valence-electron chi connectivity index (χ3n) is 2.19. The second-order valence-electron chi connectivity index (χ2n) is 3.79. The Hall–Kier alpha value is -1.84.